The Balaban J connectivity index is 3.37. The minimum absolute atomic E-state index is 0.0161. The molecule has 0 saturated carbocycles. The lowest BCUT2D eigenvalue weighted by Crippen LogP contribution is -2.45. The van der Waals surface area contributed by atoms with Gasteiger partial charge in [-0.15, -0.1) is 0 Å². The zero-order chi connectivity index (χ0) is 51.4. The molecule has 422 valence electrons. The molecular formula is C65H127NO5. The van der Waals surface area contributed by atoms with Gasteiger partial charge in [-0.05, 0) is 51.4 Å². The Morgan fingerprint density at radius 3 is 1.00 bits per heavy atom. The van der Waals surface area contributed by atoms with Crippen LogP contribution < -0.4 is 5.32 Å². The Kier molecular flexibility index (Phi) is 59.9. The summed E-state index contributed by atoms with van der Waals surface area (Å²) in [4.78, 5) is 24.5. The Hall–Kier alpha value is -1.40. The van der Waals surface area contributed by atoms with E-state index in [4.69, 9.17) is 4.74 Å². The van der Waals surface area contributed by atoms with Gasteiger partial charge in [0, 0.05) is 12.8 Å². The summed E-state index contributed by atoms with van der Waals surface area (Å²) in [6, 6.07) is -0.540. The molecule has 3 N–H and O–H groups in total. The van der Waals surface area contributed by atoms with Crippen LogP contribution in [0.5, 0.6) is 0 Å². The van der Waals surface area contributed by atoms with Gasteiger partial charge in [0.15, 0.2) is 0 Å². The normalized spacial score (nSPS) is 12.6. The van der Waals surface area contributed by atoms with Crippen LogP contribution in [-0.2, 0) is 14.3 Å². The molecule has 0 rings (SSSR count). The van der Waals surface area contributed by atoms with Gasteiger partial charge in [-0.1, -0.05) is 315 Å². The van der Waals surface area contributed by atoms with Crippen LogP contribution in [0.25, 0.3) is 0 Å². The molecule has 71 heavy (non-hydrogen) atoms. The third kappa shape index (κ3) is 57.7. The van der Waals surface area contributed by atoms with Crippen LogP contribution in [0.15, 0.2) is 12.2 Å². The van der Waals surface area contributed by atoms with Crippen molar-refractivity contribution in [2.45, 2.75) is 379 Å². The zero-order valence-electron chi connectivity index (χ0n) is 48.2. The summed E-state index contributed by atoms with van der Waals surface area (Å²) in [7, 11) is 0. The standard InChI is InChI=1S/C65H127NO5/c1-3-5-7-9-11-13-15-16-31-34-38-41-45-49-53-57-63(68)62(61-67)66-64(69)58-54-50-46-42-39-35-32-29-27-25-23-21-19-17-18-20-22-24-26-28-30-33-36-40-44-48-52-56-60-71-65(70)59-55-51-47-43-37-14-12-10-8-6-4-2/h17-18,62-63,67-68H,3-16,19-61H2,1-2H3,(H,66,69)/b18-17-. The van der Waals surface area contributed by atoms with E-state index in [1.54, 1.807) is 0 Å². The molecule has 0 aliphatic heterocycles. The van der Waals surface area contributed by atoms with Gasteiger partial charge < -0.3 is 20.3 Å². The molecule has 1 amide bonds. The lowest BCUT2D eigenvalue weighted by atomic mass is 10.0. The highest BCUT2D eigenvalue weighted by Gasteiger charge is 2.20. The van der Waals surface area contributed by atoms with Gasteiger partial charge in [0.2, 0.25) is 5.91 Å². The molecule has 0 aliphatic carbocycles. The third-order valence-electron chi connectivity index (χ3n) is 15.3. The number of ether oxygens (including phenoxy) is 1. The highest BCUT2D eigenvalue weighted by molar-refractivity contribution is 5.76. The average Bonchev–Trinajstić information content (AvgIpc) is 3.37. The number of nitrogens with one attached hydrogen (secondary N) is 1. The Morgan fingerprint density at radius 1 is 0.380 bits per heavy atom. The van der Waals surface area contributed by atoms with Crippen molar-refractivity contribution in [2.24, 2.45) is 0 Å². The lowest BCUT2D eigenvalue weighted by Gasteiger charge is -2.22. The summed E-state index contributed by atoms with van der Waals surface area (Å²) in [6.45, 7) is 4.98. The van der Waals surface area contributed by atoms with E-state index < -0.39 is 12.1 Å². The number of rotatable bonds is 61. The van der Waals surface area contributed by atoms with Crippen molar-refractivity contribution in [1.82, 2.24) is 5.32 Å². The van der Waals surface area contributed by atoms with Gasteiger partial charge in [-0.25, -0.2) is 0 Å². The van der Waals surface area contributed by atoms with Crippen LogP contribution in [-0.4, -0.2) is 47.4 Å². The molecule has 6 nitrogen and oxygen atoms in total. The van der Waals surface area contributed by atoms with Crippen LogP contribution in [0.4, 0.5) is 0 Å². The van der Waals surface area contributed by atoms with E-state index in [-0.39, 0.29) is 18.5 Å². The first-order valence-corrected chi connectivity index (χ1v) is 32.4. The maximum absolute atomic E-state index is 12.5. The maximum atomic E-state index is 12.5. The SMILES string of the molecule is CCCCCCCCCCCCCCCCCC(O)C(CO)NC(=O)CCCCCCCCCCCCCC/C=C\CCCCCCCCCCCCCCOC(=O)CCCCCCCCCCCCC. The Morgan fingerprint density at radius 2 is 0.662 bits per heavy atom. The second kappa shape index (κ2) is 61.1. The molecule has 0 saturated heterocycles. The van der Waals surface area contributed by atoms with Gasteiger partial charge in [-0.2, -0.15) is 0 Å². The van der Waals surface area contributed by atoms with Crippen molar-refractivity contribution in [3.8, 4) is 0 Å². The van der Waals surface area contributed by atoms with Crippen LogP contribution in [0.2, 0.25) is 0 Å². The number of carbonyl (C=O) groups is 2. The third-order valence-corrected chi connectivity index (χ3v) is 15.3. The lowest BCUT2D eigenvalue weighted by molar-refractivity contribution is -0.143. The Bertz CT molecular complexity index is 1060. The molecule has 0 spiro atoms. The van der Waals surface area contributed by atoms with E-state index >= 15 is 0 Å². The van der Waals surface area contributed by atoms with Crippen LogP contribution in [0.1, 0.15) is 367 Å². The minimum Gasteiger partial charge on any atom is -0.466 e. The molecule has 0 radical (unpaired) electrons. The molecule has 0 heterocycles. The molecule has 0 aromatic rings. The molecule has 0 fully saturated rings. The van der Waals surface area contributed by atoms with Crippen molar-refractivity contribution in [2.75, 3.05) is 13.2 Å². The number of unbranched alkanes of at least 4 members (excludes halogenated alkanes) is 48. The van der Waals surface area contributed by atoms with Crippen LogP contribution >= 0.6 is 0 Å². The van der Waals surface area contributed by atoms with Crippen molar-refractivity contribution < 1.29 is 24.5 Å². The topological polar surface area (TPSA) is 95.9 Å². The van der Waals surface area contributed by atoms with Gasteiger partial charge in [0.1, 0.15) is 0 Å². The van der Waals surface area contributed by atoms with E-state index in [1.807, 2.05) is 0 Å². The summed E-state index contributed by atoms with van der Waals surface area (Å²) < 4.78 is 5.47. The molecule has 0 bridgehead atoms. The fourth-order valence-electron chi connectivity index (χ4n) is 10.3. The number of allylic oxidation sites excluding steroid dienone is 2. The molecule has 6 heteroatoms. The summed E-state index contributed by atoms with van der Waals surface area (Å²) in [6.07, 6.45) is 73.8. The molecule has 0 aromatic heterocycles. The average molecular weight is 1000 g/mol. The van der Waals surface area contributed by atoms with Gasteiger partial charge in [0.25, 0.3) is 0 Å². The first kappa shape index (κ1) is 69.6. The highest BCUT2D eigenvalue weighted by atomic mass is 16.5. The number of hydrogen-bond acceptors (Lipinski definition) is 5. The summed E-state index contributed by atoms with van der Waals surface area (Å²) in [5, 5.41) is 23.3. The zero-order valence-corrected chi connectivity index (χ0v) is 48.2. The smallest absolute Gasteiger partial charge is 0.305 e. The fourth-order valence-corrected chi connectivity index (χ4v) is 10.3. The molecule has 0 aromatic carbocycles. The number of aliphatic hydroxyl groups is 2. The van der Waals surface area contributed by atoms with Gasteiger partial charge in [-0.3, -0.25) is 9.59 Å². The largest absolute Gasteiger partial charge is 0.466 e. The van der Waals surface area contributed by atoms with E-state index in [2.05, 4.69) is 31.3 Å². The summed E-state index contributed by atoms with van der Waals surface area (Å²) in [5.41, 5.74) is 0. The monoisotopic (exact) mass is 1000 g/mol. The molecule has 2 unspecified atom stereocenters. The van der Waals surface area contributed by atoms with Crippen molar-refractivity contribution in [1.29, 1.82) is 0 Å². The number of amides is 1. The quantitative estimate of drug-likeness (QED) is 0.0320. The number of aliphatic hydroxyl groups excluding tert-OH is 2. The number of carbonyl (C=O) groups excluding carboxylic acids is 2. The number of hydrogen-bond donors (Lipinski definition) is 3. The van der Waals surface area contributed by atoms with Gasteiger partial charge >= 0.3 is 5.97 Å². The summed E-state index contributed by atoms with van der Waals surface area (Å²) in [5.74, 6) is -0.0160. The van der Waals surface area contributed by atoms with E-state index in [1.165, 1.54) is 295 Å². The fraction of sp³-hybridized carbons (Fsp3) is 0.938. The molecule has 2 atom stereocenters. The Labute approximate surface area is 444 Å². The molecule has 0 aliphatic rings. The first-order valence-electron chi connectivity index (χ1n) is 32.4. The summed E-state index contributed by atoms with van der Waals surface area (Å²) >= 11 is 0. The molecular weight excluding hydrogens is 875 g/mol. The van der Waals surface area contributed by atoms with E-state index in [0.717, 1.165) is 38.5 Å². The predicted octanol–water partition coefficient (Wildman–Crippen LogP) is 20.4. The van der Waals surface area contributed by atoms with E-state index in [0.29, 0.717) is 25.9 Å². The van der Waals surface area contributed by atoms with Crippen LogP contribution in [0.3, 0.4) is 0 Å². The van der Waals surface area contributed by atoms with Crippen molar-refractivity contribution in [3.05, 3.63) is 12.2 Å². The maximum Gasteiger partial charge on any atom is 0.305 e. The second-order valence-electron chi connectivity index (χ2n) is 22.5. The van der Waals surface area contributed by atoms with E-state index in [9.17, 15) is 19.8 Å². The predicted molar refractivity (Wildman–Crippen MR) is 310 cm³/mol. The highest BCUT2D eigenvalue weighted by Crippen LogP contribution is 2.18. The van der Waals surface area contributed by atoms with Crippen molar-refractivity contribution in [3.63, 3.8) is 0 Å². The number of esters is 1. The second-order valence-corrected chi connectivity index (χ2v) is 22.5. The van der Waals surface area contributed by atoms with Crippen molar-refractivity contribution >= 4 is 11.9 Å². The minimum atomic E-state index is -0.663. The van der Waals surface area contributed by atoms with Gasteiger partial charge in [0.05, 0.1) is 25.4 Å². The van der Waals surface area contributed by atoms with Crippen LogP contribution in [0, 0.1) is 0 Å². The first-order chi connectivity index (χ1) is 35.0.